The molecule has 26 heavy (non-hydrogen) atoms. The molecule has 0 aliphatic heterocycles. The Bertz CT molecular complexity index is 731. The van der Waals surface area contributed by atoms with Crippen LogP contribution >= 0.6 is 11.3 Å². The van der Waals surface area contributed by atoms with Gasteiger partial charge in [-0.1, -0.05) is 12.1 Å². The molecule has 1 aromatic carbocycles. The van der Waals surface area contributed by atoms with Gasteiger partial charge in [-0.3, -0.25) is 9.59 Å². The van der Waals surface area contributed by atoms with E-state index in [0.29, 0.717) is 11.1 Å². The predicted molar refractivity (Wildman–Crippen MR) is 91.0 cm³/mol. The second-order valence-corrected chi connectivity index (χ2v) is 6.20. The minimum atomic E-state index is -4.74. The van der Waals surface area contributed by atoms with Crippen LogP contribution in [0.1, 0.15) is 35.3 Å². The summed E-state index contributed by atoms with van der Waals surface area (Å²) in [5, 5.41) is 8.86. The normalized spacial score (nSPS) is 12.3. The zero-order valence-corrected chi connectivity index (χ0v) is 14.6. The summed E-state index contributed by atoms with van der Waals surface area (Å²) >= 11 is 1.41. The third kappa shape index (κ3) is 6.40. The van der Waals surface area contributed by atoms with E-state index in [4.69, 9.17) is 0 Å². The van der Waals surface area contributed by atoms with Gasteiger partial charge < -0.3 is 15.4 Å². The molecule has 0 spiro atoms. The average molecular weight is 386 g/mol. The molecule has 2 amide bonds. The number of thiophene rings is 1. The van der Waals surface area contributed by atoms with Gasteiger partial charge in [-0.05, 0) is 36.1 Å². The maximum Gasteiger partial charge on any atom is 0.573 e. The molecule has 1 unspecified atom stereocenters. The molecule has 0 saturated carbocycles. The zero-order valence-electron chi connectivity index (χ0n) is 13.8. The van der Waals surface area contributed by atoms with E-state index in [1.165, 1.54) is 35.6 Å². The molecule has 9 heteroatoms. The minimum Gasteiger partial charge on any atom is -0.406 e. The van der Waals surface area contributed by atoms with Gasteiger partial charge in [-0.2, -0.15) is 11.3 Å². The van der Waals surface area contributed by atoms with Gasteiger partial charge in [-0.25, -0.2) is 0 Å². The van der Waals surface area contributed by atoms with Crippen LogP contribution in [0.25, 0.3) is 0 Å². The molecule has 1 atom stereocenters. The third-order valence-corrected chi connectivity index (χ3v) is 4.10. The Morgan fingerprint density at radius 2 is 1.88 bits per heavy atom. The van der Waals surface area contributed by atoms with Crippen molar-refractivity contribution < 1.29 is 27.5 Å². The Hall–Kier alpha value is -2.55. The van der Waals surface area contributed by atoms with E-state index in [2.05, 4.69) is 15.4 Å². The van der Waals surface area contributed by atoms with Crippen molar-refractivity contribution >= 4 is 23.2 Å². The fourth-order valence-corrected chi connectivity index (χ4v) is 2.78. The molecular weight excluding hydrogens is 369 g/mol. The lowest BCUT2D eigenvalue weighted by Crippen LogP contribution is -2.31. The highest BCUT2D eigenvalue weighted by molar-refractivity contribution is 7.08. The number of alkyl halides is 3. The second kappa shape index (κ2) is 8.70. The number of nitrogens with one attached hydrogen (secondary N) is 2. The van der Waals surface area contributed by atoms with E-state index in [9.17, 15) is 22.8 Å². The smallest absolute Gasteiger partial charge is 0.406 e. The van der Waals surface area contributed by atoms with Gasteiger partial charge in [0.2, 0.25) is 5.91 Å². The fourth-order valence-electron chi connectivity index (χ4n) is 2.14. The van der Waals surface area contributed by atoms with Gasteiger partial charge in [0.15, 0.2) is 0 Å². The highest BCUT2D eigenvalue weighted by Gasteiger charge is 2.31. The predicted octanol–water partition coefficient (Wildman–Crippen LogP) is 3.64. The summed E-state index contributed by atoms with van der Waals surface area (Å²) in [6.07, 6.45) is -4.65. The highest BCUT2D eigenvalue weighted by atomic mass is 32.1. The average Bonchev–Trinajstić information content (AvgIpc) is 3.08. The van der Waals surface area contributed by atoms with E-state index in [-0.39, 0.29) is 30.5 Å². The molecule has 0 saturated heterocycles. The Balaban J connectivity index is 1.76. The molecule has 0 bridgehead atoms. The number of carbonyl (C=O) groups is 2. The second-order valence-electron chi connectivity index (χ2n) is 5.42. The van der Waals surface area contributed by atoms with Crippen LogP contribution in [0.15, 0.2) is 41.1 Å². The number of halogens is 3. The van der Waals surface area contributed by atoms with Crippen LogP contribution in [0, 0.1) is 0 Å². The Kier molecular flexibility index (Phi) is 6.62. The summed E-state index contributed by atoms with van der Waals surface area (Å²) in [4.78, 5) is 23.6. The largest absolute Gasteiger partial charge is 0.573 e. The fraction of sp³-hybridized carbons (Fsp3) is 0.294. The number of rotatable bonds is 7. The van der Waals surface area contributed by atoms with E-state index in [1.54, 1.807) is 23.8 Å². The standard InChI is InChI=1S/C17H17F3N2O3S/c1-11(12-2-4-14(5-3-12)25-17(18,19)20)22-15(23)6-8-21-16(24)13-7-9-26-10-13/h2-5,7,9-11H,6,8H2,1H3,(H,21,24)(H,22,23). The van der Waals surface area contributed by atoms with Gasteiger partial charge in [-0.15, -0.1) is 13.2 Å². The molecule has 0 fully saturated rings. The first-order valence-corrected chi connectivity index (χ1v) is 8.64. The molecule has 0 aliphatic carbocycles. The Labute approximate surface area is 152 Å². The maximum absolute atomic E-state index is 12.1. The SMILES string of the molecule is CC(NC(=O)CCNC(=O)c1ccsc1)c1ccc(OC(F)(F)F)cc1. The summed E-state index contributed by atoms with van der Waals surface area (Å²) in [5.74, 6) is -0.845. The summed E-state index contributed by atoms with van der Waals surface area (Å²) in [6.45, 7) is 1.90. The molecule has 2 aromatic rings. The molecule has 1 aromatic heterocycles. The van der Waals surface area contributed by atoms with E-state index >= 15 is 0 Å². The van der Waals surface area contributed by atoms with Crippen LogP contribution in [0.5, 0.6) is 5.75 Å². The van der Waals surface area contributed by atoms with Gasteiger partial charge in [0.05, 0.1) is 6.04 Å². The van der Waals surface area contributed by atoms with Crippen molar-refractivity contribution in [3.05, 3.63) is 52.2 Å². The van der Waals surface area contributed by atoms with Crippen LogP contribution in [0.3, 0.4) is 0 Å². The van der Waals surface area contributed by atoms with Crippen molar-refractivity contribution in [1.29, 1.82) is 0 Å². The first-order valence-electron chi connectivity index (χ1n) is 7.70. The number of hydrogen-bond acceptors (Lipinski definition) is 4. The molecule has 2 rings (SSSR count). The van der Waals surface area contributed by atoms with E-state index in [1.807, 2.05) is 0 Å². The summed E-state index contributed by atoms with van der Waals surface area (Å²) < 4.78 is 40.2. The van der Waals surface area contributed by atoms with Crippen molar-refractivity contribution in [2.75, 3.05) is 6.54 Å². The number of benzene rings is 1. The first-order chi connectivity index (χ1) is 12.2. The highest BCUT2D eigenvalue weighted by Crippen LogP contribution is 2.24. The topological polar surface area (TPSA) is 67.4 Å². The molecule has 0 radical (unpaired) electrons. The van der Waals surface area contributed by atoms with Crippen molar-refractivity contribution in [3.8, 4) is 5.75 Å². The van der Waals surface area contributed by atoms with Crippen LogP contribution in [-0.2, 0) is 4.79 Å². The van der Waals surface area contributed by atoms with Gasteiger partial charge in [0, 0.05) is 23.9 Å². The first kappa shape index (κ1) is 19.8. The van der Waals surface area contributed by atoms with Crippen molar-refractivity contribution in [3.63, 3.8) is 0 Å². The number of hydrogen-bond donors (Lipinski definition) is 2. The Morgan fingerprint density at radius 3 is 2.46 bits per heavy atom. The zero-order chi connectivity index (χ0) is 19.2. The van der Waals surface area contributed by atoms with E-state index in [0.717, 1.165) is 0 Å². The monoisotopic (exact) mass is 386 g/mol. The van der Waals surface area contributed by atoms with Gasteiger partial charge in [0.1, 0.15) is 5.75 Å². The van der Waals surface area contributed by atoms with E-state index < -0.39 is 12.4 Å². The number of ether oxygens (including phenoxy) is 1. The van der Waals surface area contributed by atoms with Gasteiger partial charge in [0.25, 0.3) is 5.91 Å². The molecule has 5 nitrogen and oxygen atoms in total. The molecule has 2 N–H and O–H groups in total. The Morgan fingerprint density at radius 1 is 1.19 bits per heavy atom. The third-order valence-electron chi connectivity index (χ3n) is 3.41. The molecule has 1 heterocycles. The van der Waals surface area contributed by atoms with Crippen molar-refractivity contribution in [1.82, 2.24) is 10.6 Å². The van der Waals surface area contributed by atoms with Crippen LogP contribution in [-0.4, -0.2) is 24.7 Å². The molecular formula is C17H17F3N2O3S. The lowest BCUT2D eigenvalue weighted by molar-refractivity contribution is -0.274. The number of amides is 2. The minimum absolute atomic E-state index is 0.0927. The number of carbonyl (C=O) groups excluding carboxylic acids is 2. The summed E-state index contributed by atoms with van der Waals surface area (Å²) in [7, 11) is 0. The summed E-state index contributed by atoms with van der Waals surface area (Å²) in [5.41, 5.74) is 1.18. The lowest BCUT2D eigenvalue weighted by atomic mass is 10.1. The van der Waals surface area contributed by atoms with Crippen LogP contribution in [0.4, 0.5) is 13.2 Å². The van der Waals surface area contributed by atoms with Crippen molar-refractivity contribution in [2.45, 2.75) is 25.7 Å². The quantitative estimate of drug-likeness (QED) is 0.763. The van der Waals surface area contributed by atoms with Crippen molar-refractivity contribution in [2.24, 2.45) is 0 Å². The van der Waals surface area contributed by atoms with Crippen LogP contribution < -0.4 is 15.4 Å². The summed E-state index contributed by atoms with van der Waals surface area (Å²) in [6, 6.07) is 6.57. The maximum atomic E-state index is 12.1. The molecule has 0 aliphatic rings. The van der Waals surface area contributed by atoms with Gasteiger partial charge >= 0.3 is 6.36 Å². The lowest BCUT2D eigenvalue weighted by Gasteiger charge is -2.15. The van der Waals surface area contributed by atoms with Crippen LogP contribution in [0.2, 0.25) is 0 Å². The molecule has 140 valence electrons.